The lowest BCUT2D eigenvalue weighted by Crippen LogP contribution is -2.74. The Labute approximate surface area is 400 Å². The van der Waals surface area contributed by atoms with Gasteiger partial charge >= 0.3 is 0 Å². The Balaban J connectivity index is 1.11. The summed E-state index contributed by atoms with van der Waals surface area (Å²) in [7, 11) is -3.15. The highest BCUT2D eigenvalue weighted by atomic mass is 28.3. The average Bonchev–Trinajstić information content (AvgIpc) is 3.95. The number of fused-ring (bicyclic) bond motifs is 6. The first-order valence-corrected chi connectivity index (χ1v) is 25.4. The van der Waals surface area contributed by atoms with Crippen molar-refractivity contribution in [1.29, 1.82) is 0 Å². The van der Waals surface area contributed by atoms with E-state index in [0.29, 0.717) is 17.7 Å². The third kappa shape index (κ3) is 6.72. The number of aromatic nitrogens is 5. The summed E-state index contributed by atoms with van der Waals surface area (Å²) < 4.78 is 4.40. The van der Waals surface area contributed by atoms with Crippen LogP contribution in [-0.2, 0) is 0 Å². The predicted molar refractivity (Wildman–Crippen MR) is 288 cm³/mol. The molecule has 0 spiro atoms. The molecular weight excluding hydrogens is 855 g/mol. The van der Waals surface area contributed by atoms with Gasteiger partial charge in [-0.05, 0) is 67.3 Å². The second kappa shape index (κ2) is 16.7. The molecule has 0 fully saturated rings. The Morgan fingerprint density at radius 2 is 0.551 bits per heavy atom. The Hall–Kier alpha value is -8.97. The maximum Gasteiger partial charge on any atom is 0.240 e. The fourth-order valence-corrected chi connectivity index (χ4v) is 15.5. The van der Waals surface area contributed by atoms with Crippen LogP contribution in [0, 0.1) is 0 Å². The molecule has 3 aromatic heterocycles. The largest absolute Gasteiger partial charge is 0.278 e. The second-order valence-electron chi connectivity index (χ2n) is 17.6. The fourth-order valence-electron chi connectivity index (χ4n) is 10.7. The van der Waals surface area contributed by atoms with Gasteiger partial charge in [0.05, 0.1) is 22.1 Å². The zero-order valence-corrected chi connectivity index (χ0v) is 38.6. The van der Waals surface area contributed by atoms with Crippen molar-refractivity contribution in [3.63, 3.8) is 0 Å². The molecule has 5 nitrogen and oxygen atoms in total. The summed E-state index contributed by atoms with van der Waals surface area (Å²) in [5.41, 5.74) is 9.76. The van der Waals surface area contributed by atoms with Crippen LogP contribution in [0.15, 0.2) is 261 Å². The van der Waals surface area contributed by atoms with Crippen molar-refractivity contribution in [2.24, 2.45) is 0 Å². The van der Waals surface area contributed by atoms with Crippen LogP contribution in [0.4, 0.5) is 0 Å². The lowest BCUT2D eigenvalue weighted by atomic mass is 10.1. The van der Waals surface area contributed by atoms with Crippen LogP contribution in [-0.4, -0.2) is 32.2 Å². The number of nitrogens with zero attached hydrogens (tertiary/aromatic N) is 5. The van der Waals surface area contributed by atoms with Crippen molar-refractivity contribution < 1.29 is 0 Å². The molecule has 0 saturated carbocycles. The number of rotatable bonds is 9. The minimum Gasteiger partial charge on any atom is -0.278 e. The normalized spacial score (nSPS) is 11.8. The molecule has 0 aliphatic heterocycles. The van der Waals surface area contributed by atoms with Gasteiger partial charge in [0.25, 0.3) is 0 Å². The number of hydrogen-bond donors (Lipinski definition) is 0. The first-order chi connectivity index (χ1) is 34.2. The monoisotopic (exact) mass is 897 g/mol. The molecule has 6 heteroatoms. The van der Waals surface area contributed by atoms with Crippen LogP contribution in [0.5, 0.6) is 0 Å². The quantitative estimate of drug-likeness (QED) is 0.107. The zero-order chi connectivity index (χ0) is 45.7. The van der Waals surface area contributed by atoms with Crippen molar-refractivity contribution in [2.75, 3.05) is 0 Å². The summed E-state index contributed by atoms with van der Waals surface area (Å²) in [5.74, 6) is 1.70. The molecule has 3 heterocycles. The molecule has 10 aromatic carbocycles. The first kappa shape index (κ1) is 40.3. The summed E-state index contributed by atoms with van der Waals surface area (Å²) in [6, 6.07) is 94.2. The van der Waals surface area contributed by atoms with E-state index in [1.807, 2.05) is 0 Å². The summed E-state index contributed by atoms with van der Waals surface area (Å²) >= 11 is 0. The van der Waals surface area contributed by atoms with Crippen molar-refractivity contribution in [3.8, 4) is 45.5 Å². The van der Waals surface area contributed by atoms with E-state index in [1.54, 1.807) is 0 Å². The maximum atomic E-state index is 5.51. The van der Waals surface area contributed by atoms with E-state index in [9.17, 15) is 0 Å². The van der Waals surface area contributed by atoms with Gasteiger partial charge in [-0.2, -0.15) is 15.0 Å². The standard InChI is InChI=1S/C63H43N5Si/c1-4-21-44(22-5-1)46-25-18-30-50(41-46)69(49-28-8-3-9-29-49,51-31-19-26-47(42-51)45-23-6-2-7-24-45)52-32-20-27-48(43-52)61-64-62(67-57-37-14-10-33-53(57)54-34-11-15-38-58(54)67)66-63(65-61)68-59-39-16-12-35-55(59)56-36-13-17-40-60(56)68/h1-43H. The van der Waals surface area contributed by atoms with Crippen LogP contribution in [0.25, 0.3) is 89.2 Å². The van der Waals surface area contributed by atoms with Crippen LogP contribution < -0.4 is 20.7 Å². The molecule has 0 saturated heterocycles. The van der Waals surface area contributed by atoms with Gasteiger partial charge in [0.15, 0.2) is 13.9 Å². The molecule has 13 aromatic rings. The Morgan fingerprint density at radius 1 is 0.246 bits per heavy atom. The number of benzene rings is 10. The van der Waals surface area contributed by atoms with Crippen LogP contribution in [0.3, 0.4) is 0 Å². The number of hydrogen-bond acceptors (Lipinski definition) is 3. The van der Waals surface area contributed by atoms with Crippen molar-refractivity contribution in [1.82, 2.24) is 24.1 Å². The lowest BCUT2D eigenvalue weighted by molar-refractivity contribution is 0.893. The highest BCUT2D eigenvalue weighted by molar-refractivity contribution is 7.20. The fraction of sp³-hybridized carbons (Fsp3) is 0. The molecule has 0 N–H and O–H groups in total. The maximum absolute atomic E-state index is 5.51. The van der Waals surface area contributed by atoms with Crippen molar-refractivity contribution in [2.45, 2.75) is 0 Å². The lowest BCUT2D eigenvalue weighted by Gasteiger charge is -2.35. The zero-order valence-electron chi connectivity index (χ0n) is 37.6. The molecule has 0 unspecified atom stereocenters. The minimum atomic E-state index is -3.15. The average molecular weight is 898 g/mol. The molecule has 0 aliphatic rings. The van der Waals surface area contributed by atoms with Crippen molar-refractivity contribution in [3.05, 3.63) is 261 Å². The van der Waals surface area contributed by atoms with Crippen LogP contribution in [0.1, 0.15) is 0 Å². The Bertz CT molecular complexity index is 3710. The molecule has 13 rings (SSSR count). The molecular formula is C63H43N5Si. The molecule has 69 heavy (non-hydrogen) atoms. The third-order valence-electron chi connectivity index (χ3n) is 13.7. The summed E-state index contributed by atoms with van der Waals surface area (Å²) in [4.78, 5) is 16.5. The second-order valence-corrected chi connectivity index (χ2v) is 21.4. The summed E-state index contributed by atoms with van der Waals surface area (Å²) in [5, 5.41) is 9.64. The van der Waals surface area contributed by atoms with Gasteiger partial charge in [0.1, 0.15) is 0 Å². The summed E-state index contributed by atoms with van der Waals surface area (Å²) in [6.07, 6.45) is 0. The van der Waals surface area contributed by atoms with E-state index in [1.165, 1.54) is 43.0 Å². The molecule has 0 amide bonds. The summed E-state index contributed by atoms with van der Waals surface area (Å²) in [6.45, 7) is 0. The molecule has 0 radical (unpaired) electrons. The van der Waals surface area contributed by atoms with Crippen molar-refractivity contribution >= 4 is 72.4 Å². The Morgan fingerprint density at radius 3 is 0.957 bits per heavy atom. The van der Waals surface area contributed by atoms with E-state index in [4.69, 9.17) is 15.0 Å². The van der Waals surface area contributed by atoms with Crippen LogP contribution >= 0.6 is 0 Å². The van der Waals surface area contributed by atoms with Crippen LogP contribution in [0.2, 0.25) is 0 Å². The van der Waals surface area contributed by atoms with Gasteiger partial charge in [-0.1, -0.05) is 237 Å². The van der Waals surface area contributed by atoms with Gasteiger partial charge in [-0.15, -0.1) is 0 Å². The van der Waals surface area contributed by atoms with Gasteiger partial charge < -0.3 is 0 Å². The molecule has 0 aliphatic carbocycles. The number of para-hydroxylation sites is 4. The molecule has 324 valence electrons. The third-order valence-corrected chi connectivity index (χ3v) is 18.5. The molecule has 0 atom stereocenters. The van der Waals surface area contributed by atoms with Gasteiger partial charge in [0, 0.05) is 27.1 Å². The Kier molecular flexibility index (Phi) is 9.77. The SMILES string of the molecule is c1ccc(-c2cccc([Si](c3ccccc3)(c3cccc(-c4ccccc4)c3)c3cccc(-c4nc(-n5c6ccccc6c6ccccc65)nc(-n5c6ccccc6c6ccccc65)n4)c3)c2)cc1. The van der Waals surface area contributed by atoms with E-state index in [2.05, 4.69) is 270 Å². The highest BCUT2D eigenvalue weighted by Gasteiger charge is 2.42. The van der Waals surface area contributed by atoms with E-state index in [0.717, 1.165) is 49.2 Å². The highest BCUT2D eigenvalue weighted by Crippen LogP contribution is 2.34. The molecule has 0 bridgehead atoms. The van der Waals surface area contributed by atoms with Gasteiger partial charge in [-0.25, -0.2) is 0 Å². The van der Waals surface area contributed by atoms with Gasteiger partial charge in [0.2, 0.25) is 11.9 Å². The topological polar surface area (TPSA) is 48.5 Å². The van der Waals surface area contributed by atoms with Gasteiger partial charge in [-0.3, -0.25) is 9.13 Å². The first-order valence-electron chi connectivity index (χ1n) is 23.4. The predicted octanol–water partition coefficient (Wildman–Crippen LogP) is 12.4. The minimum absolute atomic E-state index is 0.553. The van der Waals surface area contributed by atoms with E-state index >= 15 is 0 Å². The van der Waals surface area contributed by atoms with E-state index in [-0.39, 0.29) is 0 Å². The van der Waals surface area contributed by atoms with E-state index < -0.39 is 8.07 Å². The smallest absolute Gasteiger partial charge is 0.240 e.